The highest BCUT2D eigenvalue weighted by Crippen LogP contribution is 2.22. The Labute approximate surface area is 122 Å². The van der Waals surface area contributed by atoms with Crippen molar-refractivity contribution in [1.82, 2.24) is 4.90 Å². The van der Waals surface area contributed by atoms with Gasteiger partial charge in [0, 0.05) is 6.54 Å². The SMILES string of the molecule is NC(=O)C1CCCCN1Cc1ccc(OCC=O)c(F)c1. The van der Waals surface area contributed by atoms with Gasteiger partial charge in [-0.25, -0.2) is 4.39 Å². The maximum atomic E-state index is 13.8. The zero-order valence-electron chi connectivity index (χ0n) is 11.8. The average molecular weight is 294 g/mol. The first kappa shape index (κ1) is 15.4. The van der Waals surface area contributed by atoms with E-state index in [2.05, 4.69) is 0 Å². The van der Waals surface area contributed by atoms with E-state index in [1.165, 1.54) is 12.1 Å². The zero-order chi connectivity index (χ0) is 15.2. The fourth-order valence-electron chi connectivity index (χ4n) is 2.62. The Bertz CT molecular complexity index is 522. The lowest BCUT2D eigenvalue weighted by Gasteiger charge is -2.33. The summed E-state index contributed by atoms with van der Waals surface area (Å²) in [5.74, 6) is -0.793. The molecule has 1 unspecified atom stereocenters. The van der Waals surface area contributed by atoms with Crippen LogP contribution in [0.4, 0.5) is 4.39 Å². The molecule has 5 nitrogen and oxygen atoms in total. The minimum Gasteiger partial charge on any atom is -0.483 e. The van der Waals surface area contributed by atoms with Crippen LogP contribution in [0.2, 0.25) is 0 Å². The number of piperidine rings is 1. The van der Waals surface area contributed by atoms with Crippen molar-refractivity contribution in [3.63, 3.8) is 0 Å². The Morgan fingerprint density at radius 1 is 1.48 bits per heavy atom. The van der Waals surface area contributed by atoms with E-state index in [-0.39, 0.29) is 24.3 Å². The molecular weight excluding hydrogens is 275 g/mol. The number of benzene rings is 1. The lowest BCUT2D eigenvalue weighted by Crippen LogP contribution is -2.47. The number of aldehydes is 1. The van der Waals surface area contributed by atoms with E-state index in [0.29, 0.717) is 12.8 Å². The number of amides is 1. The summed E-state index contributed by atoms with van der Waals surface area (Å²) in [7, 11) is 0. The zero-order valence-corrected chi connectivity index (χ0v) is 11.8. The van der Waals surface area contributed by atoms with Crippen LogP contribution < -0.4 is 10.5 Å². The molecule has 0 radical (unpaired) electrons. The van der Waals surface area contributed by atoms with Crippen LogP contribution in [0.5, 0.6) is 5.75 Å². The van der Waals surface area contributed by atoms with Crippen molar-refractivity contribution in [1.29, 1.82) is 0 Å². The van der Waals surface area contributed by atoms with Gasteiger partial charge in [0.15, 0.2) is 17.9 Å². The number of hydrogen-bond acceptors (Lipinski definition) is 4. The van der Waals surface area contributed by atoms with Gasteiger partial charge in [-0.3, -0.25) is 14.5 Å². The third-order valence-electron chi connectivity index (χ3n) is 3.63. The van der Waals surface area contributed by atoms with Crippen LogP contribution in [-0.2, 0) is 16.1 Å². The van der Waals surface area contributed by atoms with Gasteiger partial charge in [-0.15, -0.1) is 0 Å². The number of carbonyl (C=O) groups is 2. The van der Waals surface area contributed by atoms with E-state index in [9.17, 15) is 14.0 Å². The van der Waals surface area contributed by atoms with Crippen LogP contribution >= 0.6 is 0 Å². The molecule has 1 fully saturated rings. The molecule has 1 saturated heterocycles. The molecule has 0 bridgehead atoms. The van der Waals surface area contributed by atoms with Crippen LogP contribution in [0.3, 0.4) is 0 Å². The van der Waals surface area contributed by atoms with Crippen molar-refractivity contribution >= 4 is 12.2 Å². The number of primary amides is 1. The smallest absolute Gasteiger partial charge is 0.234 e. The van der Waals surface area contributed by atoms with E-state index >= 15 is 0 Å². The Morgan fingerprint density at radius 3 is 2.95 bits per heavy atom. The highest BCUT2D eigenvalue weighted by molar-refractivity contribution is 5.79. The number of halogens is 1. The third-order valence-corrected chi connectivity index (χ3v) is 3.63. The molecular formula is C15H19FN2O3. The fourth-order valence-corrected chi connectivity index (χ4v) is 2.62. The summed E-state index contributed by atoms with van der Waals surface area (Å²) in [5, 5.41) is 0. The fraction of sp³-hybridized carbons (Fsp3) is 0.467. The lowest BCUT2D eigenvalue weighted by atomic mass is 10.0. The largest absolute Gasteiger partial charge is 0.483 e. The van der Waals surface area contributed by atoms with Gasteiger partial charge in [-0.1, -0.05) is 12.5 Å². The third kappa shape index (κ3) is 4.01. The topological polar surface area (TPSA) is 72.6 Å². The van der Waals surface area contributed by atoms with Crippen molar-refractivity contribution in [2.45, 2.75) is 31.8 Å². The molecule has 1 atom stereocenters. The standard InChI is InChI=1S/C15H19FN2O3/c16-12-9-11(4-5-14(12)21-8-7-19)10-18-6-2-1-3-13(18)15(17)20/h4-5,7,9,13H,1-3,6,8,10H2,(H2,17,20). The first-order valence-electron chi connectivity index (χ1n) is 7.00. The van der Waals surface area contributed by atoms with E-state index in [1.54, 1.807) is 6.07 Å². The minimum atomic E-state index is -0.512. The van der Waals surface area contributed by atoms with Gasteiger partial charge in [0.2, 0.25) is 5.91 Å². The number of hydrogen-bond donors (Lipinski definition) is 1. The average Bonchev–Trinajstić information content (AvgIpc) is 2.47. The molecule has 21 heavy (non-hydrogen) atoms. The molecule has 6 heteroatoms. The molecule has 2 N–H and O–H groups in total. The van der Waals surface area contributed by atoms with Gasteiger partial charge in [-0.05, 0) is 37.1 Å². The van der Waals surface area contributed by atoms with Gasteiger partial charge in [0.1, 0.15) is 6.61 Å². The Kier molecular flexibility index (Phi) is 5.27. The number of nitrogens with zero attached hydrogens (tertiary/aromatic N) is 1. The summed E-state index contributed by atoms with van der Waals surface area (Å²) in [4.78, 5) is 23.6. The van der Waals surface area contributed by atoms with Crippen molar-refractivity contribution in [3.05, 3.63) is 29.6 Å². The Hall–Kier alpha value is -1.95. The molecule has 1 aliphatic rings. The predicted octanol–water partition coefficient (Wildman–Crippen LogP) is 1.24. The second kappa shape index (κ2) is 7.17. The number of rotatable bonds is 6. The second-order valence-corrected chi connectivity index (χ2v) is 5.13. The van der Waals surface area contributed by atoms with Crippen molar-refractivity contribution < 1.29 is 18.7 Å². The molecule has 114 valence electrons. The predicted molar refractivity (Wildman–Crippen MR) is 75.2 cm³/mol. The second-order valence-electron chi connectivity index (χ2n) is 5.13. The Morgan fingerprint density at radius 2 is 2.29 bits per heavy atom. The van der Waals surface area contributed by atoms with E-state index in [1.807, 2.05) is 4.90 Å². The lowest BCUT2D eigenvalue weighted by molar-refractivity contribution is -0.124. The van der Waals surface area contributed by atoms with Crippen LogP contribution in [0, 0.1) is 5.82 Å². The van der Waals surface area contributed by atoms with Crippen molar-refractivity contribution in [2.75, 3.05) is 13.2 Å². The quantitative estimate of drug-likeness (QED) is 0.801. The summed E-state index contributed by atoms with van der Waals surface area (Å²) < 4.78 is 18.8. The van der Waals surface area contributed by atoms with Crippen LogP contribution in [0.25, 0.3) is 0 Å². The molecule has 2 rings (SSSR count). The summed E-state index contributed by atoms with van der Waals surface area (Å²) in [6, 6.07) is 4.31. The number of ether oxygens (including phenoxy) is 1. The minimum absolute atomic E-state index is 0.0518. The highest BCUT2D eigenvalue weighted by Gasteiger charge is 2.26. The first-order valence-corrected chi connectivity index (χ1v) is 7.00. The number of carbonyl (C=O) groups excluding carboxylic acids is 2. The van der Waals surface area contributed by atoms with Gasteiger partial charge in [0.25, 0.3) is 0 Å². The first-order chi connectivity index (χ1) is 10.1. The van der Waals surface area contributed by atoms with Crippen LogP contribution in [-0.4, -0.2) is 36.3 Å². The molecule has 1 aromatic carbocycles. The van der Waals surface area contributed by atoms with Gasteiger partial charge >= 0.3 is 0 Å². The molecule has 0 spiro atoms. The van der Waals surface area contributed by atoms with E-state index < -0.39 is 5.82 Å². The number of nitrogens with two attached hydrogens (primary N) is 1. The van der Waals surface area contributed by atoms with Gasteiger partial charge in [-0.2, -0.15) is 0 Å². The molecule has 0 aliphatic carbocycles. The molecule has 1 aliphatic heterocycles. The highest BCUT2D eigenvalue weighted by atomic mass is 19.1. The van der Waals surface area contributed by atoms with E-state index in [0.717, 1.165) is 31.4 Å². The molecule has 1 amide bonds. The normalized spacial score (nSPS) is 19.2. The Balaban J connectivity index is 2.06. The maximum absolute atomic E-state index is 13.8. The van der Waals surface area contributed by atoms with E-state index in [4.69, 9.17) is 10.5 Å². The summed E-state index contributed by atoms with van der Waals surface area (Å²) in [5.41, 5.74) is 6.16. The van der Waals surface area contributed by atoms with Gasteiger partial charge in [0.05, 0.1) is 6.04 Å². The maximum Gasteiger partial charge on any atom is 0.234 e. The van der Waals surface area contributed by atoms with Crippen LogP contribution in [0.15, 0.2) is 18.2 Å². The van der Waals surface area contributed by atoms with Crippen LogP contribution in [0.1, 0.15) is 24.8 Å². The number of likely N-dealkylation sites (tertiary alicyclic amines) is 1. The molecule has 0 saturated carbocycles. The molecule has 1 heterocycles. The molecule has 0 aromatic heterocycles. The molecule has 1 aromatic rings. The summed E-state index contributed by atoms with van der Waals surface area (Å²) in [6.07, 6.45) is 3.31. The van der Waals surface area contributed by atoms with Gasteiger partial charge < -0.3 is 10.5 Å². The van der Waals surface area contributed by atoms with Crippen molar-refractivity contribution in [2.24, 2.45) is 5.73 Å². The summed E-state index contributed by atoms with van der Waals surface area (Å²) >= 11 is 0. The monoisotopic (exact) mass is 294 g/mol. The summed E-state index contributed by atoms with van der Waals surface area (Å²) in [6.45, 7) is 1.07. The van der Waals surface area contributed by atoms with Crippen molar-refractivity contribution in [3.8, 4) is 5.75 Å².